The summed E-state index contributed by atoms with van der Waals surface area (Å²) in [6.07, 6.45) is 2.14. The van der Waals surface area contributed by atoms with Crippen LogP contribution in [0.5, 0.6) is 5.75 Å². The Labute approximate surface area is 120 Å². The largest absolute Gasteiger partial charge is 0.435 e. The minimum Gasteiger partial charge on any atom is -0.435 e. The molecule has 1 aliphatic rings. The minimum absolute atomic E-state index is 0.0731. The highest BCUT2D eigenvalue weighted by Crippen LogP contribution is 2.39. The summed E-state index contributed by atoms with van der Waals surface area (Å²) in [5.74, 6) is 1.01. The molecule has 0 spiro atoms. The van der Waals surface area contributed by atoms with Crippen LogP contribution in [0.3, 0.4) is 0 Å². The summed E-state index contributed by atoms with van der Waals surface area (Å²) in [6, 6.07) is 17.0. The minimum atomic E-state index is -0.0731. The zero-order valence-electron chi connectivity index (χ0n) is 12.3. The van der Waals surface area contributed by atoms with Crippen molar-refractivity contribution in [2.75, 3.05) is 13.8 Å². The molecule has 2 aromatic rings. The van der Waals surface area contributed by atoms with E-state index in [2.05, 4.69) is 73.2 Å². The van der Waals surface area contributed by atoms with Gasteiger partial charge in [0.1, 0.15) is 12.8 Å². The van der Waals surface area contributed by atoms with Crippen LogP contribution in [0, 0.1) is 0 Å². The van der Waals surface area contributed by atoms with E-state index < -0.39 is 0 Å². The van der Waals surface area contributed by atoms with Gasteiger partial charge in [-0.3, -0.25) is 0 Å². The first-order valence-corrected chi connectivity index (χ1v) is 6.96. The highest BCUT2D eigenvalue weighted by molar-refractivity contribution is 5.82. The molecule has 0 aromatic heterocycles. The van der Waals surface area contributed by atoms with Gasteiger partial charge in [-0.05, 0) is 11.6 Å². The van der Waals surface area contributed by atoms with Gasteiger partial charge < -0.3 is 4.74 Å². The van der Waals surface area contributed by atoms with Gasteiger partial charge in [-0.1, -0.05) is 56.3 Å². The van der Waals surface area contributed by atoms with Gasteiger partial charge in [-0.15, -0.1) is 0 Å². The summed E-state index contributed by atoms with van der Waals surface area (Å²) in [6.45, 7) is 5.11. The fourth-order valence-electron chi connectivity index (χ4n) is 2.76. The smallest absolute Gasteiger partial charge is 0.286 e. The SMILES string of the molecule is C[N+]1=Cc2cccc(C(C)(C)c3ccccc3)c2OC1. The van der Waals surface area contributed by atoms with E-state index in [4.69, 9.17) is 4.74 Å². The number of fused-ring (bicyclic) bond motifs is 1. The molecule has 0 radical (unpaired) electrons. The topological polar surface area (TPSA) is 12.2 Å². The zero-order valence-corrected chi connectivity index (χ0v) is 12.3. The first-order valence-electron chi connectivity index (χ1n) is 6.96. The second kappa shape index (κ2) is 4.78. The lowest BCUT2D eigenvalue weighted by Gasteiger charge is -2.29. The van der Waals surface area contributed by atoms with E-state index in [0.29, 0.717) is 6.73 Å². The van der Waals surface area contributed by atoms with Crippen LogP contribution in [-0.2, 0) is 5.41 Å². The first kappa shape index (κ1) is 12.9. The van der Waals surface area contributed by atoms with Gasteiger partial charge in [-0.2, -0.15) is 0 Å². The molecule has 0 unspecified atom stereocenters. The average molecular weight is 266 g/mol. The molecule has 0 saturated carbocycles. The number of rotatable bonds is 2. The van der Waals surface area contributed by atoms with Crippen molar-refractivity contribution in [3.63, 3.8) is 0 Å². The fraction of sp³-hybridized carbons (Fsp3) is 0.278. The van der Waals surface area contributed by atoms with E-state index in [-0.39, 0.29) is 5.41 Å². The number of hydrogen-bond acceptors (Lipinski definition) is 1. The van der Waals surface area contributed by atoms with Crippen LogP contribution in [-0.4, -0.2) is 24.6 Å². The Kier molecular flexibility index (Phi) is 3.09. The van der Waals surface area contributed by atoms with Crippen LogP contribution in [0.2, 0.25) is 0 Å². The summed E-state index contributed by atoms with van der Waals surface area (Å²) in [7, 11) is 2.03. The predicted molar refractivity (Wildman–Crippen MR) is 81.9 cm³/mol. The molecule has 0 saturated heterocycles. The Balaban J connectivity index is 2.14. The molecule has 0 atom stereocenters. The van der Waals surface area contributed by atoms with Crippen molar-refractivity contribution < 1.29 is 9.31 Å². The third-order valence-electron chi connectivity index (χ3n) is 3.99. The number of para-hydroxylation sites is 1. The summed E-state index contributed by atoms with van der Waals surface area (Å²) >= 11 is 0. The monoisotopic (exact) mass is 266 g/mol. The van der Waals surface area contributed by atoms with Crippen molar-refractivity contribution in [1.29, 1.82) is 0 Å². The highest BCUT2D eigenvalue weighted by Gasteiger charge is 2.29. The Morgan fingerprint density at radius 2 is 1.75 bits per heavy atom. The zero-order chi connectivity index (χ0) is 14.2. The highest BCUT2D eigenvalue weighted by atomic mass is 16.5. The molecule has 2 aromatic carbocycles. The second-order valence-electron chi connectivity index (χ2n) is 5.87. The molecule has 0 amide bonds. The molecule has 0 bridgehead atoms. The molecule has 1 heterocycles. The van der Waals surface area contributed by atoms with Crippen LogP contribution in [0.15, 0.2) is 48.5 Å². The van der Waals surface area contributed by atoms with Gasteiger partial charge in [0, 0.05) is 11.0 Å². The maximum Gasteiger partial charge on any atom is 0.286 e. The predicted octanol–water partition coefficient (Wildman–Crippen LogP) is 3.42. The molecule has 102 valence electrons. The maximum atomic E-state index is 5.97. The lowest BCUT2D eigenvalue weighted by molar-refractivity contribution is -0.528. The first-order chi connectivity index (χ1) is 9.59. The van der Waals surface area contributed by atoms with Crippen LogP contribution in [0.1, 0.15) is 30.5 Å². The van der Waals surface area contributed by atoms with E-state index in [1.807, 2.05) is 7.05 Å². The Hall–Kier alpha value is -2.09. The van der Waals surface area contributed by atoms with Crippen LogP contribution < -0.4 is 4.74 Å². The summed E-state index contributed by atoms with van der Waals surface area (Å²) in [5, 5.41) is 0. The Bertz CT molecular complexity index is 656. The number of ether oxygens (including phenoxy) is 1. The van der Waals surface area contributed by atoms with Crippen LogP contribution in [0.4, 0.5) is 0 Å². The van der Waals surface area contributed by atoms with Gasteiger partial charge in [0.15, 0.2) is 6.21 Å². The molecule has 2 nitrogen and oxygen atoms in total. The molecular weight excluding hydrogens is 246 g/mol. The van der Waals surface area contributed by atoms with Crippen LogP contribution in [0.25, 0.3) is 0 Å². The van der Waals surface area contributed by atoms with Crippen molar-refractivity contribution in [2.45, 2.75) is 19.3 Å². The summed E-state index contributed by atoms with van der Waals surface area (Å²) in [5.41, 5.74) is 3.62. The molecular formula is C18H20NO+. The van der Waals surface area contributed by atoms with Gasteiger partial charge in [-0.25, -0.2) is 4.58 Å². The number of hydrogen-bond donors (Lipinski definition) is 0. The van der Waals surface area contributed by atoms with E-state index in [9.17, 15) is 0 Å². The van der Waals surface area contributed by atoms with E-state index in [0.717, 1.165) is 11.3 Å². The lowest BCUT2D eigenvalue weighted by Crippen LogP contribution is -2.26. The van der Waals surface area contributed by atoms with Gasteiger partial charge in [0.25, 0.3) is 6.73 Å². The standard InChI is InChI=1S/C18H20NO/c1-18(2,15-9-5-4-6-10-15)16-11-7-8-14-12-19(3)13-20-17(14)16/h4-12H,13H2,1-3H3/q+1. The van der Waals surface area contributed by atoms with E-state index in [1.165, 1.54) is 11.1 Å². The Morgan fingerprint density at radius 1 is 1.00 bits per heavy atom. The number of nitrogens with zero attached hydrogens (tertiary/aromatic N) is 1. The fourth-order valence-corrected chi connectivity index (χ4v) is 2.76. The molecule has 20 heavy (non-hydrogen) atoms. The molecule has 2 heteroatoms. The van der Waals surface area contributed by atoms with Crippen molar-refractivity contribution in [2.24, 2.45) is 0 Å². The van der Waals surface area contributed by atoms with Crippen molar-refractivity contribution in [3.05, 3.63) is 65.2 Å². The number of benzene rings is 2. The maximum absolute atomic E-state index is 5.97. The molecule has 1 aliphatic heterocycles. The molecule has 3 rings (SSSR count). The normalized spacial score (nSPS) is 14.2. The molecule has 0 N–H and O–H groups in total. The van der Waals surface area contributed by atoms with Crippen molar-refractivity contribution >= 4 is 6.21 Å². The van der Waals surface area contributed by atoms with Gasteiger partial charge in [0.2, 0.25) is 0 Å². The third kappa shape index (κ3) is 2.11. The van der Waals surface area contributed by atoms with Gasteiger partial charge in [0.05, 0.1) is 5.56 Å². The van der Waals surface area contributed by atoms with E-state index >= 15 is 0 Å². The average Bonchev–Trinajstić information content (AvgIpc) is 2.47. The molecule has 0 fully saturated rings. The van der Waals surface area contributed by atoms with Gasteiger partial charge >= 0.3 is 0 Å². The van der Waals surface area contributed by atoms with Crippen molar-refractivity contribution in [1.82, 2.24) is 0 Å². The summed E-state index contributed by atoms with van der Waals surface area (Å²) in [4.78, 5) is 0. The lowest BCUT2D eigenvalue weighted by atomic mass is 9.77. The Morgan fingerprint density at radius 3 is 2.50 bits per heavy atom. The quantitative estimate of drug-likeness (QED) is 0.759. The van der Waals surface area contributed by atoms with Crippen molar-refractivity contribution in [3.8, 4) is 5.75 Å². The summed E-state index contributed by atoms with van der Waals surface area (Å²) < 4.78 is 8.03. The van der Waals surface area contributed by atoms with E-state index in [1.54, 1.807) is 0 Å². The third-order valence-corrected chi connectivity index (χ3v) is 3.99. The van der Waals surface area contributed by atoms with Crippen LogP contribution >= 0.6 is 0 Å². The second-order valence-corrected chi connectivity index (χ2v) is 5.87. The molecule has 0 aliphatic carbocycles.